The summed E-state index contributed by atoms with van der Waals surface area (Å²) in [5.41, 5.74) is 2.72. The molecule has 140 valence electrons. The number of fused-ring (bicyclic) bond motifs is 3. The minimum absolute atomic E-state index is 0.0548. The molecule has 1 aliphatic heterocycles. The Morgan fingerprint density at radius 2 is 1.55 bits per heavy atom. The molecule has 6 heteroatoms. The van der Waals surface area contributed by atoms with Crippen LogP contribution in [0.15, 0.2) is 91.0 Å². The predicted molar refractivity (Wildman–Crippen MR) is 112 cm³/mol. The van der Waals surface area contributed by atoms with Crippen molar-refractivity contribution in [1.82, 2.24) is 0 Å². The quantitative estimate of drug-likeness (QED) is 0.295. The molecule has 1 heterocycles. The van der Waals surface area contributed by atoms with Gasteiger partial charge in [-0.2, -0.15) is 0 Å². The van der Waals surface area contributed by atoms with E-state index in [0.29, 0.717) is 0 Å². The van der Waals surface area contributed by atoms with Crippen molar-refractivity contribution in [3.8, 4) is 5.75 Å². The van der Waals surface area contributed by atoms with Crippen molar-refractivity contribution in [2.45, 2.75) is 6.10 Å². The SMILES string of the molecule is O=[N+]([O-])c1ccc(C2OB(c3ccccc3)Oc3c2ccc2ccccc32)cc1. The fourth-order valence-electron chi connectivity index (χ4n) is 3.72. The Kier molecular flexibility index (Phi) is 4.26. The van der Waals surface area contributed by atoms with Crippen LogP contribution < -0.4 is 10.1 Å². The Labute approximate surface area is 167 Å². The van der Waals surface area contributed by atoms with Gasteiger partial charge in [0, 0.05) is 23.1 Å². The molecule has 4 aromatic carbocycles. The fraction of sp³-hybridized carbons (Fsp3) is 0.0435. The maximum Gasteiger partial charge on any atom is 0.563 e. The van der Waals surface area contributed by atoms with Gasteiger partial charge >= 0.3 is 7.12 Å². The highest BCUT2D eigenvalue weighted by molar-refractivity contribution is 6.62. The average Bonchev–Trinajstić information content (AvgIpc) is 2.79. The van der Waals surface area contributed by atoms with Crippen LogP contribution in [0.3, 0.4) is 0 Å². The van der Waals surface area contributed by atoms with Crippen LogP contribution in [0.1, 0.15) is 17.2 Å². The van der Waals surface area contributed by atoms with E-state index in [0.717, 1.165) is 33.1 Å². The Bertz CT molecular complexity index is 1190. The Hall–Kier alpha value is -3.64. The summed E-state index contributed by atoms with van der Waals surface area (Å²) in [6, 6.07) is 28.4. The van der Waals surface area contributed by atoms with E-state index < -0.39 is 18.1 Å². The largest absolute Gasteiger partial charge is 0.563 e. The summed E-state index contributed by atoms with van der Waals surface area (Å²) in [5, 5.41) is 13.1. The Morgan fingerprint density at radius 1 is 0.828 bits per heavy atom. The zero-order chi connectivity index (χ0) is 19.8. The van der Waals surface area contributed by atoms with Gasteiger partial charge in [0.05, 0.1) is 11.0 Å². The lowest BCUT2D eigenvalue weighted by molar-refractivity contribution is -0.384. The number of benzene rings is 4. The van der Waals surface area contributed by atoms with E-state index in [-0.39, 0.29) is 5.69 Å². The molecule has 0 fully saturated rings. The molecule has 29 heavy (non-hydrogen) atoms. The topological polar surface area (TPSA) is 61.6 Å². The first-order valence-corrected chi connectivity index (χ1v) is 9.34. The predicted octanol–water partition coefficient (Wildman–Crippen LogP) is 4.64. The third-order valence-corrected chi connectivity index (χ3v) is 5.16. The third kappa shape index (κ3) is 3.13. The van der Waals surface area contributed by atoms with Gasteiger partial charge in [0.25, 0.3) is 5.69 Å². The molecule has 0 aliphatic carbocycles. The monoisotopic (exact) mass is 381 g/mol. The van der Waals surface area contributed by atoms with E-state index in [2.05, 4.69) is 0 Å². The number of nitro groups is 1. The first-order chi connectivity index (χ1) is 14.2. The molecule has 0 aromatic heterocycles. The molecule has 5 nitrogen and oxygen atoms in total. The lowest BCUT2D eigenvalue weighted by Crippen LogP contribution is -2.44. The second-order valence-corrected chi connectivity index (χ2v) is 6.93. The maximum atomic E-state index is 11.0. The van der Waals surface area contributed by atoms with Gasteiger partial charge < -0.3 is 9.31 Å². The van der Waals surface area contributed by atoms with Crippen molar-refractivity contribution in [1.29, 1.82) is 0 Å². The highest BCUT2D eigenvalue weighted by Gasteiger charge is 2.36. The molecule has 0 saturated carbocycles. The molecule has 0 N–H and O–H groups in total. The second kappa shape index (κ2) is 7.07. The number of nitrogens with zero attached hydrogens (tertiary/aromatic N) is 1. The summed E-state index contributed by atoms with van der Waals surface area (Å²) in [7, 11) is -0.574. The molecule has 1 unspecified atom stereocenters. The van der Waals surface area contributed by atoms with Crippen molar-refractivity contribution in [3.63, 3.8) is 0 Å². The van der Waals surface area contributed by atoms with Gasteiger partial charge in [-0.1, -0.05) is 66.7 Å². The molecular formula is C23H16BNO4. The third-order valence-electron chi connectivity index (χ3n) is 5.16. The minimum atomic E-state index is -0.574. The van der Waals surface area contributed by atoms with Crippen molar-refractivity contribution < 1.29 is 14.2 Å². The number of non-ortho nitro benzene ring substituents is 1. The van der Waals surface area contributed by atoms with E-state index in [1.807, 2.05) is 66.7 Å². The van der Waals surface area contributed by atoms with E-state index in [4.69, 9.17) is 9.31 Å². The molecule has 1 aliphatic rings. The normalized spacial score (nSPS) is 15.6. The van der Waals surface area contributed by atoms with Crippen LogP contribution in [0.5, 0.6) is 5.75 Å². The van der Waals surface area contributed by atoms with Crippen molar-refractivity contribution in [2.75, 3.05) is 0 Å². The summed E-state index contributed by atoms with van der Waals surface area (Å²) in [5.74, 6) is 0.784. The first-order valence-electron chi connectivity index (χ1n) is 9.34. The zero-order valence-electron chi connectivity index (χ0n) is 15.4. The van der Waals surface area contributed by atoms with Crippen LogP contribution in [0.4, 0.5) is 5.69 Å². The first kappa shape index (κ1) is 17.5. The summed E-state index contributed by atoms with van der Waals surface area (Å²) >= 11 is 0. The highest BCUT2D eigenvalue weighted by atomic mass is 16.6. The van der Waals surface area contributed by atoms with Crippen molar-refractivity contribution in [3.05, 3.63) is 112 Å². The summed E-state index contributed by atoms with van der Waals surface area (Å²) in [4.78, 5) is 10.6. The summed E-state index contributed by atoms with van der Waals surface area (Å²) in [6.07, 6.45) is -0.394. The average molecular weight is 381 g/mol. The van der Waals surface area contributed by atoms with E-state index in [1.54, 1.807) is 12.1 Å². The van der Waals surface area contributed by atoms with E-state index in [9.17, 15) is 10.1 Å². The van der Waals surface area contributed by atoms with Crippen LogP contribution in [-0.2, 0) is 4.65 Å². The molecule has 5 rings (SSSR count). The van der Waals surface area contributed by atoms with Gasteiger partial charge in [0.2, 0.25) is 0 Å². The van der Waals surface area contributed by atoms with Crippen LogP contribution in [0, 0.1) is 10.1 Å². The molecular weight excluding hydrogens is 365 g/mol. The number of rotatable bonds is 3. The molecule has 0 radical (unpaired) electrons. The van der Waals surface area contributed by atoms with Crippen LogP contribution in [0.25, 0.3) is 10.8 Å². The molecule has 0 bridgehead atoms. The Morgan fingerprint density at radius 3 is 2.31 bits per heavy atom. The van der Waals surface area contributed by atoms with Gasteiger partial charge in [-0.15, -0.1) is 0 Å². The number of nitro benzene ring substituents is 1. The standard InChI is InChI=1S/C23H16BNO4/c26-25(27)19-13-10-17(11-14-19)22-21-15-12-16-6-4-5-9-20(16)23(21)29-24(28-22)18-7-2-1-3-8-18/h1-15,22H. The van der Waals surface area contributed by atoms with E-state index >= 15 is 0 Å². The van der Waals surface area contributed by atoms with Crippen molar-refractivity contribution >= 4 is 29.0 Å². The number of hydrogen-bond donors (Lipinski definition) is 0. The lowest BCUT2D eigenvalue weighted by atomic mass is 9.76. The molecule has 0 spiro atoms. The fourth-order valence-corrected chi connectivity index (χ4v) is 3.72. The van der Waals surface area contributed by atoms with Gasteiger partial charge in [0.1, 0.15) is 5.75 Å². The van der Waals surface area contributed by atoms with Gasteiger partial charge in [0.15, 0.2) is 0 Å². The smallest absolute Gasteiger partial charge is 0.532 e. The summed E-state index contributed by atoms with van der Waals surface area (Å²) < 4.78 is 12.7. The zero-order valence-corrected chi connectivity index (χ0v) is 15.4. The van der Waals surface area contributed by atoms with Gasteiger partial charge in [-0.25, -0.2) is 0 Å². The molecule has 4 aromatic rings. The van der Waals surface area contributed by atoms with Gasteiger partial charge in [-0.3, -0.25) is 10.1 Å². The number of hydrogen-bond acceptors (Lipinski definition) is 4. The lowest BCUT2D eigenvalue weighted by Gasteiger charge is -2.32. The molecule has 0 amide bonds. The molecule has 1 atom stereocenters. The van der Waals surface area contributed by atoms with Crippen molar-refractivity contribution in [2.24, 2.45) is 0 Å². The Balaban J connectivity index is 1.66. The van der Waals surface area contributed by atoms with Gasteiger partial charge in [-0.05, 0) is 28.5 Å². The highest BCUT2D eigenvalue weighted by Crippen LogP contribution is 2.42. The van der Waals surface area contributed by atoms with Crippen LogP contribution in [0.2, 0.25) is 0 Å². The minimum Gasteiger partial charge on any atom is -0.532 e. The van der Waals surface area contributed by atoms with E-state index in [1.165, 1.54) is 12.1 Å². The maximum absolute atomic E-state index is 11.0. The summed E-state index contributed by atoms with van der Waals surface area (Å²) in [6.45, 7) is 0. The second-order valence-electron chi connectivity index (χ2n) is 6.93. The molecule has 0 saturated heterocycles. The van der Waals surface area contributed by atoms with Crippen LogP contribution >= 0.6 is 0 Å². The van der Waals surface area contributed by atoms with Crippen LogP contribution in [-0.4, -0.2) is 12.0 Å².